The van der Waals surface area contributed by atoms with Gasteiger partial charge in [-0.1, -0.05) is 12.1 Å². The first kappa shape index (κ1) is 24.6. The predicted octanol–water partition coefficient (Wildman–Crippen LogP) is 5.36. The normalized spacial score (nSPS) is 15.7. The molecule has 10 heteroatoms. The zero-order valence-corrected chi connectivity index (χ0v) is 17.9. The lowest BCUT2D eigenvalue weighted by molar-refractivity contribution is -0.153. The van der Waals surface area contributed by atoms with E-state index in [0.717, 1.165) is 24.0 Å². The highest BCUT2D eigenvalue weighted by atomic mass is 19.4. The number of hydrogen-bond donors (Lipinski definition) is 1. The van der Waals surface area contributed by atoms with Crippen LogP contribution in [0.25, 0.3) is 0 Å². The smallest absolute Gasteiger partial charge is 0.422 e. The summed E-state index contributed by atoms with van der Waals surface area (Å²) in [5, 5.41) is 2.97. The number of carbonyl (C=O) groups is 1. The molecule has 0 aromatic heterocycles. The number of methoxy groups -OCH3 is 1. The summed E-state index contributed by atoms with van der Waals surface area (Å²) in [4.78, 5) is 12.5. The van der Waals surface area contributed by atoms with Crippen molar-refractivity contribution in [2.24, 2.45) is 0 Å². The second kappa shape index (κ2) is 10.7. The second-order valence-corrected chi connectivity index (χ2v) is 7.64. The van der Waals surface area contributed by atoms with Crippen molar-refractivity contribution in [2.45, 2.75) is 50.9 Å². The molecule has 0 aliphatic heterocycles. The van der Waals surface area contributed by atoms with Gasteiger partial charge in [0.25, 0.3) is 0 Å². The Balaban J connectivity index is 1.58. The fourth-order valence-electron chi connectivity index (χ4n) is 3.79. The highest BCUT2D eigenvalue weighted by Crippen LogP contribution is 2.33. The number of hydrogen-bond acceptors (Lipinski definition) is 4. The first-order chi connectivity index (χ1) is 15.6. The zero-order valence-electron chi connectivity index (χ0n) is 17.9. The van der Waals surface area contributed by atoms with E-state index in [0.29, 0.717) is 18.4 Å². The minimum atomic E-state index is -4.46. The number of amides is 1. The van der Waals surface area contributed by atoms with Crippen molar-refractivity contribution < 1.29 is 41.0 Å². The minimum Gasteiger partial charge on any atom is -0.493 e. The van der Waals surface area contributed by atoms with Crippen LogP contribution in [-0.2, 0) is 17.6 Å². The number of halogens is 5. The number of rotatable bonds is 9. The number of nitrogens with one attached hydrogen (secondary N) is 1. The zero-order chi connectivity index (χ0) is 24.0. The largest absolute Gasteiger partial charge is 0.493 e. The molecular weight excluding hydrogens is 449 g/mol. The number of alkyl halides is 5. The summed E-state index contributed by atoms with van der Waals surface area (Å²) in [6, 6.07) is 9.02. The van der Waals surface area contributed by atoms with Crippen LogP contribution in [0.2, 0.25) is 0 Å². The summed E-state index contributed by atoms with van der Waals surface area (Å²) < 4.78 is 76.3. The molecule has 1 amide bonds. The third-order valence-electron chi connectivity index (χ3n) is 5.25. The van der Waals surface area contributed by atoms with Gasteiger partial charge < -0.3 is 19.5 Å². The SMILES string of the molecule is COc1cc(CCC(=O)NC2CCCc3cc(OC(F)F)ccc32)ccc1OCC(F)(F)F. The maximum Gasteiger partial charge on any atom is 0.422 e. The Morgan fingerprint density at radius 3 is 2.64 bits per heavy atom. The lowest BCUT2D eigenvalue weighted by Crippen LogP contribution is -2.31. The molecule has 180 valence electrons. The van der Waals surface area contributed by atoms with Crippen molar-refractivity contribution in [2.75, 3.05) is 13.7 Å². The molecule has 1 atom stereocenters. The third kappa shape index (κ3) is 7.23. The van der Waals surface area contributed by atoms with Crippen LogP contribution in [0, 0.1) is 0 Å². The first-order valence-electron chi connectivity index (χ1n) is 10.4. The van der Waals surface area contributed by atoms with E-state index in [4.69, 9.17) is 9.47 Å². The van der Waals surface area contributed by atoms with Gasteiger partial charge in [0.2, 0.25) is 5.91 Å². The standard InChI is InChI=1S/C23H24F5NO4/c1-31-20-11-14(5-9-19(20)32-13-23(26,27)28)6-10-21(30)29-18-4-2-3-15-12-16(33-22(24)25)7-8-17(15)18/h5,7-9,11-12,18,22H,2-4,6,10,13H2,1H3,(H,29,30). The number of ether oxygens (including phenoxy) is 3. The van der Waals surface area contributed by atoms with Crippen molar-refractivity contribution in [1.82, 2.24) is 5.32 Å². The second-order valence-electron chi connectivity index (χ2n) is 7.64. The highest BCUT2D eigenvalue weighted by Gasteiger charge is 2.29. The fourth-order valence-corrected chi connectivity index (χ4v) is 3.79. The van der Waals surface area contributed by atoms with E-state index in [1.165, 1.54) is 19.2 Å². The molecule has 2 aromatic rings. The Bertz CT molecular complexity index is 964. The molecule has 2 aromatic carbocycles. The minimum absolute atomic E-state index is 0.0305. The number of benzene rings is 2. The molecule has 0 fully saturated rings. The van der Waals surface area contributed by atoms with E-state index in [-0.39, 0.29) is 35.6 Å². The summed E-state index contributed by atoms with van der Waals surface area (Å²) in [5.74, 6) is 0.0154. The Hall–Kier alpha value is -3.04. The molecule has 1 N–H and O–H groups in total. The quantitative estimate of drug-likeness (QED) is 0.498. The third-order valence-corrected chi connectivity index (χ3v) is 5.25. The Morgan fingerprint density at radius 2 is 1.94 bits per heavy atom. The molecule has 0 heterocycles. The molecule has 0 bridgehead atoms. The monoisotopic (exact) mass is 473 g/mol. The van der Waals surface area contributed by atoms with Gasteiger partial charge in [-0.15, -0.1) is 0 Å². The van der Waals surface area contributed by atoms with E-state index in [1.54, 1.807) is 24.3 Å². The molecule has 5 nitrogen and oxygen atoms in total. The van der Waals surface area contributed by atoms with Crippen molar-refractivity contribution >= 4 is 5.91 Å². The summed E-state index contributed by atoms with van der Waals surface area (Å²) in [6.07, 6.45) is -1.71. The number of carbonyl (C=O) groups excluding carboxylic acids is 1. The van der Waals surface area contributed by atoms with Crippen molar-refractivity contribution in [1.29, 1.82) is 0 Å². The molecule has 0 radical (unpaired) electrons. The summed E-state index contributed by atoms with van der Waals surface area (Å²) in [7, 11) is 1.32. The Kier molecular flexibility index (Phi) is 7.99. The molecule has 1 aliphatic carbocycles. The molecule has 0 saturated carbocycles. The van der Waals surface area contributed by atoms with Gasteiger partial charge in [0.05, 0.1) is 13.2 Å². The van der Waals surface area contributed by atoms with E-state index in [2.05, 4.69) is 10.1 Å². The van der Waals surface area contributed by atoms with Crippen LogP contribution in [-0.4, -0.2) is 32.4 Å². The van der Waals surface area contributed by atoms with Gasteiger partial charge in [-0.05, 0) is 66.6 Å². The fraction of sp³-hybridized carbons (Fsp3) is 0.435. The van der Waals surface area contributed by atoms with Gasteiger partial charge in [-0.2, -0.15) is 22.0 Å². The summed E-state index contributed by atoms with van der Waals surface area (Å²) in [6.45, 7) is -4.32. The van der Waals surface area contributed by atoms with Crippen LogP contribution in [0.1, 0.15) is 42.0 Å². The molecule has 1 aliphatic rings. The van der Waals surface area contributed by atoms with Crippen LogP contribution in [0.3, 0.4) is 0 Å². The lowest BCUT2D eigenvalue weighted by atomic mass is 9.87. The van der Waals surface area contributed by atoms with Crippen molar-refractivity contribution in [3.63, 3.8) is 0 Å². The molecule has 1 unspecified atom stereocenters. The summed E-state index contributed by atoms with van der Waals surface area (Å²) in [5.41, 5.74) is 2.45. The lowest BCUT2D eigenvalue weighted by Gasteiger charge is -2.27. The first-order valence-corrected chi connectivity index (χ1v) is 10.4. The molecule has 0 spiro atoms. The van der Waals surface area contributed by atoms with Gasteiger partial charge in [0.15, 0.2) is 18.1 Å². The highest BCUT2D eigenvalue weighted by molar-refractivity contribution is 5.77. The van der Waals surface area contributed by atoms with Gasteiger partial charge in [-0.25, -0.2) is 0 Å². The van der Waals surface area contributed by atoms with E-state index in [1.807, 2.05) is 0 Å². The Morgan fingerprint density at radius 1 is 1.15 bits per heavy atom. The average molecular weight is 473 g/mol. The van der Waals surface area contributed by atoms with Crippen molar-refractivity contribution in [3.8, 4) is 17.2 Å². The number of aryl methyl sites for hydroxylation is 2. The van der Waals surface area contributed by atoms with E-state index in [9.17, 15) is 26.7 Å². The van der Waals surface area contributed by atoms with Gasteiger partial charge >= 0.3 is 12.8 Å². The van der Waals surface area contributed by atoms with Gasteiger partial charge in [-0.3, -0.25) is 4.79 Å². The molecule has 0 saturated heterocycles. The van der Waals surface area contributed by atoms with Gasteiger partial charge in [0.1, 0.15) is 5.75 Å². The van der Waals surface area contributed by atoms with Crippen LogP contribution in [0.5, 0.6) is 17.2 Å². The van der Waals surface area contributed by atoms with Crippen LogP contribution in [0.4, 0.5) is 22.0 Å². The van der Waals surface area contributed by atoms with E-state index >= 15 is 0 Å². The van der Waals surface area contributed by atoms with Gasteiger partial charge in [0, 0.05) is 6.42 Å². The molecule has 33 heavy (non-hydrogen) atoms. The summed E-state index contributed by atoms with van der Waals surface area (Å²) >= 11 is 0. The van der Waals surface area contributed by atoms with Crippen molar-refractivity contribution in [3.05, 3.63) is 53.1 Å². The molecular formula is C23H24F5NO4. The molecule has 3 rings (SSSR count). The van der Waals surface area contributed by atoms with Crippen LogP contribution in [0.15, 0.2) is 36.4 Å². The number of fused-ring (bicyclic) bond motifs is 1. The predicted molar refractivity (Wildman–Crippen MR) is 110 cm³/mol. The topological polar surface area (TPSA) is 56.8 Å². The van der Waals surface area contributed by atoms with E-state index < -0.39 is 19.4 Å². The van der Waals surface area contributed by atoms with Crippen LogP contribution < -0.4 is 19.5 Å². The maximum absolute atomic E-state index is 12.5. The Labute approximate surface area is 187 Å². The maximum atomic E-state index is 12.5. The average Bonchev–Trinajstić information content (AvgIpc) is 2.75. The van der Waals surface area contributed by atoms with Crippen LogP contribution >= 0.6 is 0 Å².